The zero-order valence-electron chi connectivity index (χ0n) is 5.06. The van der Waals surface area contributed by atoms with Gasteiger partial charge in [0.05, 0.1) is 6.61 Å². The van der Waals surface area contributed by atoms with Crippen molar-refractivity contribution in [1.82, 2.24) is 0 Å². The Hall–Kier alpha value is 0.130. The van der Waals surface area contributed by atoms with Crippen molar-refractivity contribution in [2.45, 2.75) is 13.1 Å². The molecule has 0 saturated heterocycles. The van der Waals surface area contributed by atoms with Crippen molar-refractivity contribution in [2.24, 2.45) is 0 Å². The normalized spacial score (nSPS) is 12.8. The third-order valence-electron chi connectivity index (χ3n) is 0.678. The lowest BCUT2D eigenvalue weighted by Gasteiger charge is -2.01. The molecule has 9 heavy (non-hydrogen) atoms. The summed E-state index contributed by atoms with van der Waals surface area (Å²) in [6.07, 6.45) is -1.45. The standard InChI is InChI=1S/C5H8FIO2/c1-2-9-5(8)4(6)3-7/h4H,2-3H2,1H3. The molecule has 0 aliphatic heterocycles. The van der Waals surface area contributed by atoms with Gasteiger partial charge in [0.15, 0.2) is 0 Å². The minimum Gasteiger partial charge on any atom is -0.464 e. The van der Waals surface area contributed by atoms with Crippen LogP contribution >= 0.6 is 22.6 Å². The van der Waals surface area contributed by atoms with E-state index in [1.807, 2.05) is 0 Å². The van der Waals surface area contributed by atoms with Crippen LogP contribution in [0, 0.1) is 0 Å². The minimum atomic E-state index is -1.45. The summed E-state index contributed by atoms with van der Waals surface area (Å²) in [4.78, 5) is 10.4. The van der Waals surface area contributed by atoms with Crippen molar-refractivity contribution in [2.75, 3.05) is 11.0 Å². The van der Waals surface area contributed by atoms with E-state index in [-0.39, 0.29) is 11.0 Å². The van der Waals surface area contributed by atoms with Crippen molar-refractivity contribution in [3.8, 4) is 0 Å². The molecule has 1 atom stereocenters. The van der Waals surface area contributed by atoms with Crippen molar-refractivity contribution in [3.63, 3.8) is 0 Å². The number of carbonyl (C=O) groups excluding carboxylic acids is 1. The number of ether oxygens (including phenoxy) is 1. The summed E-state index contributed by atoms with van der Waals surface area (Å²) >= 11 is 1.79. The first-order valence-corrected chi connectivity index (χ1v) is 4.11. The predicted octanol–water partition coefficient (Wildman–Crippen LogP) is 1.32. The van der Waals surface area contributed by atoms with Crippen molar-refractivity contribution in [3.05, 3.63) is 0 Å². The molecule has 0 rings (SSSR count). The zero-order chi connectivity index (χ0) is 7.28. The molecule has 2 nitrogen and oxygen atoms in total. The van der Waals surface area contributed by atoms with E-state index in [1.54, 1.807) is 29.5 Å². The molecule has 0 spiro atoms. The average Bonchev–Trinajstić information content (AvgIpc) is 1.87. The Morgan fingerprint density at radius 1 is 1.89 bits per heavy atom. The molecular weight excluding hydrogens is 238 g/mol. The van der Waals surface area contributed by atoms with Crippen LogP contribution in [0.4, 0.5) is 4.39 Å². The number of rotatable bonds is 3. The third-order valence-corrected chi connectivity index (χ3v) is 1.45. The van der Waals surface area contributed by atoms with Crippen LogP contribution in [0.25, 0.3) is 0 Å². The summed E-state index contributed by atoms with van der Waals surface area (Å²) in [5.41, 5.74) is 0. The first-order valence-electron chi connectivity index (χ1n) is 2.59. The highest BCUT2D eigenvalue weighted by Crippen LogP contribution is 1.98. The summed E-state index contributed by atoms with van der Waals surface area (Å²) in [6.45, 7) is 1.90. The highest BCUT2D eigenvalue weighted by atomic mass is 127. The van der Waals surface area contributed by atoms with Gasteiger partial charge in [0.2, 0.25) is 6.17 Å². The second kappa shape index (κ2) is 4.96. The van der Waals surface area contributed by atoms with Gasteiger partial charge in [-0.15, -0.1) is 0 Å². The Bertz CT molecular complexity index is 97.0. The number of hydrogen-bond acceptors (Lipinski definition) is 2. The van der Waals surface area contributed by atoms with Gasteiger partial charge in [-0.2, -0.15) is 0 Å². The maximum Gasteiger partial charge on any atom is 0.341 e. The molecule has 0 bridgehead atoms. The van der Waals surface area contributed by atoms with Crippen molar-refractivity contribution < 1.29 is 13.9 Å². The summed E-state index contributed by atoms with van der Waals surface area (Å²) in [5, 5.41) is 0. The van der Waals surface area contributed by atoms with Gasteiger partial charge in [-0.1, -0.05) is 22.6 Å². The smallest absolute Gasteiger partial charge is 0.341 e. The highest BCUT2D eigenvalue weighted by Gasteiger charge is 2.15. The van der Waals surface area contributed by atoms with E-state index in [2.05, 4.69) is 4.74 Å². The molecule has 0 aromatic heterocycles. The van der Waals surface area contributed by atoms with Crippen LogP contribution in [0.2, 0.25) is 0 Å². The van der Waals surface area contributed by atoms with Gasteiger partial charge in [0.1, 0.15) is 0 Å². The molecule has 0 aromatic carbocycles. The quantitative estimate of drug-likeness (QED) is 0.426. The molecule has 0 aromatic rings. The third kappa shape index (κ3) is 3.66. The lowest BCUT2D eigenvalue weighted by molar-refractivity contribution is -0.147. The van der Waals surface area contributed by atoms with Crippen LogP contribution in [-0.4, -0.2) is 23.2 Å². The monoisotopic (exact) mass is 246 g/mol. The molecule has 0 N–H and O–H groups in total. The molecule has 0 fully saturated rings. The topological polar surface area (TPSA) is 26.3 Å². The number of esters is 1. The molecule has 0 aliphatic rings. The lowest BCUT2D eigenvalue weighted by atomic mass is 10.4. The van der Waals surface area contributed by atoms with E-state index in [4.69, 9.17) is 0 Å². The first-order chi connectivity index (χ1) is 4.22. The average molecular weight is 246 g/mol. The summed E-state index contributed by atoms with van der Waals surface area (Å²) in [6, 6.07) is 0. The second-order valence-electron chi connectivity index (χ2n) is 1.37. The number of hydrogen-bond donors (Lipinski definition) is 0. The van der Waals surface area contributed by atoms with Crippen LogP contribution < -0.4 is 0 Å². The fraction of sp³-hybridized carbons (Fsp3) is 0.800. The van der Waals surface area contributed by atoms with Gasteiger partial charge >= 0.3 is 5.97 Å². The maximum atomic E-state index is 12.2. The first kappa shape index (κ1) is 9.13. The minimum absolute atomic E-state index is 0.163. The fourth-order valence-electron chi connectivity index (χ4n) is 0.296. The Morgan fingerprint density at radius 3 is 2.78 bits per heavy atom. The van der Waals surface area contributed by atoms with Gasteiger partial charge in [0.25, 0.3) is 0 Å². The van der Waals surface area contributed by atoms with Crippen LogP contribution in [0.1, 0.15) is 6.92 Å². The molecule has 0 aliphatic carbocycles. The SMILES string of the molecule is CCOC(=O)C(F)CI. The van der Waals surface area contributed by atoms with Crippen LogP contribution in [-0.2, 0) is 9.53 Å². The number of halogens is 2. The summed E-state index contributed by atoms with van der Waals surface area (Å²) in [5.74, 6) is -0.757. The molecule has 0 amide bonds. The predicted molar refractivity (Wildman–Crippen MR) is 40.4 cm³/mol. The largest absolute Gasteiger partial charge is 0.464 e. The molecular formula is C5H8FIO2. The number of alkyl halides is 2. The van der Waals surface area contributed by atoms with E-state index in [0.717, 1.165) is 0 Å². The maximum absolute atomic E-state index is 12.2. The van der Waals surface area contributed by atoms with Crippen molar-refractivity contribution in [1.29, 1.82) is 0 Å². The van der Waals surface area contributed by atoms with E-state index in [9.17, 15) is 9.18 Å². The summed E-state index contributed by atoms with van der Waals surface area (Å²) < 4.78 is 16.8. The summed E-state index contributed by atoms with van der Waals surface area (Å²) in [7, 11) is 0. The fourth-order valence-corrected chi connectivity index (χ4v) is 0.655. The zero-order valence-corrected chi connectivity index (χ0v) is 7.22. The number of carbonyl (C=O) groups is 1. The second-order valence-corrected chi connectivity index (χ2v) is 2.25. The van der Waals surface area contributed by atoms with Crippen LogP contribution in [0.15, 0.2) is 0 Å². The van der Waals surface area contributed by atoms with E-state index in [0.29, 0.717) is 0 Å². The van der Waals surface area contributed by atoms with Gasteiger partial charge in [0, 0.05) is 4.43 Å². The highest BCUT2D eigenvalue weighted by molar-refractivity contribution is 14.1. The molecule has 54 valence electrons. The van der Waals surface area contributed by atoms with Gasteiger partial charge in [-0.05, 0) is 6.92 Å². The van der Waals surface area contributed by atoms with E-state index in [1.165, 1.54) is 0 Å². The molecule has 1 unspecified atom stereocenters. The van der Waals surface area contributed by atoms with E-state index < -0.39 is 12.1 Å². The van der Waals surface area contributed by atoms with Crippen molar-refractivity contribution >= 4 is 28.6 Å². The molecule has 0 saturated carbocycles. The Kier molecular flexibility index (Phi) is 5.03. The van der Waals surface area contributed by atoms with Crippen LogP contribution in [0.3, 0.4) is 0 Å². The molecule has 0 heterocycles. The molecule has 0 radical (unpaired) electrons. The van der Waals surface area contributed by atoms with E-state index >= 15 is 0 Å². The Labute approximate surface area is 66.9 Å². The van der Waals surface area contributed by atoms with Crippen LogP contribution in [0.5, 0.6) is 0 Å². The Morgan fingerprint density at radius 2 is 2.44 bits per heavy atom. The van der Waals surface area contributed by atoms with Gasteiger partial charge < -0.3 is 4.74 Å². The Balaban J connectivity index is 3.46. The lowest BCUT2D eigenvalue weighted by Crippen LogP contribution is -2.19. The van der Waals surface area contributed by atoms with Gasteiger partial charge in [-0.25, -0.2) is 9.18 Å². The molecule has 4 heteroatoms. The van der Waals surface area contributed by atoms with Gasteiger partial charge in [-0.3, -0.25) is 0 Å².